The molecule has 0 radical (unpaired) electrons. The summed E-state index contributed by atoms with van der Waals surface area (Å²) in [6.45, 7) is 5.13. The highest BCUT2D eigenvalue weighted by atomic mass is 35.5. The molecule has 0 aliphatic carbocycles. The summed E-state index contributed by atoms with van der Waals surface area (Å²) in [5, 5.41) is 4.90. The van der Waals surface area contributed by atoms with Crippen LogP contribution in [-0.4, -0.2) is 66.0 Å². The molecule has 36 heavy (non-hydrogen) atoms. The Morgan fingerprint density at radius 2 is 1.67 bits per heavy atom. The molecule has 1 amide bonds. The summed E-state index contributed by atoms with van der Waals surface area (Å²) in [6.07, 6.45) is 3.12. The Hall–Kier alpha value is -2.88. The number of piperazine rings is 1. The molecule has 0 atom stereocenters. The second-order valence-electron chi connectivity index (χ2n) is 9.20. The van der Waals surface area contributed by atoms with Crippen LogP contribution in [0.2, 0.25) is 5.02 Å². The molecule has 3 heterocycles. The molecule has 0 saturated carbocycles. The number of rotatable bonds is 6. The minimum atomic E-state index is -3.96. The Morgan fingerprint density at radius 3 is 2.39 bits per heavy atom. The Balaban J connectivity index is 1.39. The number of hydrogen-bond donors (Lipinski definition) is 0. The third-order valence-electron chi connectivity index (χ3n) is 6.84. The molecule has 1 saturated heterocycles. The lowest BCUT2D eigenvalue weighted by atomic mass is 9.99. The molecule has 1 aromatic heterocycles. The number of carbonyl (C=O) groups is 1. The summed E-state index contributed by atoms with van der Waals surface area (Å²) >= 11 is 6.34. The van der Waals surface area contributed by atoms with Crippen LogP contribution in [0.5, 0.6) is 0 Å². The number of benzene rings is 2. The molecule has 2 aliphatic heterocycles. The number of nitrogens with zero attached hydrogens (tertiary/aromatic N) is 5. The lowest BCUT2D eigenvalue weighted by Gasteiger charge is -2.35. The lowest BCUT2D eigenvalue weighted by molar-refractivity contribution is 0.0730. The van der Waals surface area contributed by atoms with Crippen molar-refractivity contribution in [3.8, 4) is 0 Å². The highest BCUT2D eigenvalue weighted by molar-refractivity contribution is 7.89. The monoisotopic (exact) mass is 527 g/mol. The first-order chi connectivity index (χ1) is 17.4. The fourth-order valence-electron chi connectivity index (χ4n) is 4.92. The van der Waals surface area contributed by atoms with E-state index in [9.17, 15) is 13.2 Å². The molecule has 2 aliphatic rings. The largest absolute Gasteiger partial charge is 0.368 e. The minimum Gasteiger partial charge on any atom is -0.368 e. The van der Waals surface area contributed by atoms with Gasteiger partial charge >= 0.3 is 0 Å². The van der Waals surface area contributed by atoms with Crippen molar-refractivity contribution in [3.63, 3.8) is 0 Å². The van der Waals surface area contributed by atoms with Gasteiger partial charge in [-0.25, -0.2) is 8.42 Å². The van der Waals surface area contributed by atoms with Crippen LogP contribution in [-0.2, 0) is 29.5 Å². The second-order valence-corrected chi connectivity index (χ2v) is 11.5. The second kappa shape index (κ2) is 10.2. The number of hydrogen-bond acceptors (Lipinski definition) is 5. The van der Waals surface area contributed by atoms with Gasteiger partial charge in [0.1, 0.15) is 0 Å². The van der Waals surface area contributed by atoms with Crippen LogP contribution in [0.1, 0.15) is 34.8 Å². The van der Waals surface area contributed by atoms with Gasteiger partial charge in [-0.2, -0.15) is 9.40 Å². The van der Waals surface area contributed by atoms with Gasteiger partial charge in [0.2, 0.25) is 5.03 Å². The molecule has 0 unspecified atom stereocenters. The molecule has 3 aromatic rings. The van der Waals surface area contributed by atoms with Crippen molar-refractivity contribution in [1.82, 2.24) is 19.0 Å². The predicted octanol–water partition coefficient (Wildman–Crippen LogP) is 3.66. The van der Waals surface area contributed by atoms with Crippen LogP contribution >= 0.6 is 11.6 Å². The van der Waals surface area contributed by atoms with Crippen molar-refractivity contribution < 1.29 is 13.2 Å². The average molecular weight is 528 g/mol. The molecular weight excluding hydrogens is 498 g/mol. The quantitative estimate of drug-likeness (QED) is 0.489. The molecule has 10 heteroatoms. The number of amides is 1. The number of aryl methyl sites for hydroxylation is 1. The Bertz CT molecular complexity index is 1370. The van der Waals surface area contributed by atoms with Crippen LogP contribution < -0.4 is 4.90 Å². The van der Waals surface area contributed by atoms with E-state index in [2.05, 4.69) is 16.1 Å². The molecule has 5 rings (SSSR count). The summed E-state index contributed by atoms with van der Waals surface area (Å²) < 4.78 is 30.5. The van der Waals surface area contributed by atoms with E-state index in [0.717, 1.165) is 24.1 Å². The smallest absolute Gasteiger partial charge is 0.263 e. The van der Waals surface area contributed by atoms with E-state index < -0.39 is 10.0 Å². The number of fused-ring (bicyclic) bond motifs is 1. The zero-order valence-corrected chi connectivity index (χ0v) is 21.9. The van der Waals surface area contributed by atoms with Crippen LogP contribution in [0.3, 0.4) is 0 Å². The number of halogens is 1. The fraction of sp³-hybridized carbons (Fsp3) is 0.385. The molecular formula is C26H30ClN5O3S. The summed E-state index contributed by atoms with van der Waals surface area (Å²) in [4.78, 5) is 17.4. The first kappa shape index (κ1) is 24.8. The summed E-state index contributed by atoms with van der Waals surface area (Å²) in [7, 11) is -3.96. The minimum absolute atomic E-state index is 0.147. The van der Waals surface area contributed by atoms with Gasteiger partial charge in [-0.15, -0.1) is 0 Å². The van der Waals surface area contributed by atoms with Crippen molar-refractivity contribution in [3.05, 3.63) is 76.4 Å². The maximum atomic E-state index is 13.8. The maximum absolute atomic E-state index is 13.8. The molecule has 0 bridgehead atoms. The van der Waals surface area contributed by atoms with Gasteiger partial charge in [-0.1, -0.05) is 54.9 Å². The van der Waals surface area contributed by atoms with E-state index in [-0.39, 0.29) is 16.5 Å². The maximum Gasteiger partial charge on any atom is 0.263 e. The van der Waals surface area contributed by atoms with Crippen LogP contribution in [0.15, 0.2) is 59.8 Å². The molecule has 2 aromatic carbocycles. The van der Waals surface area contributed by atoms with Crippen LogP contribution in [0, 0.1) is 0 Å². The van der Waals surface area contributed by atoms with Crippen molar-refractivity contribution in [2.75, 3.05) is 37.6 Å². The highest BCUT2D eigenvalue weighted by Gasteiger charge is 2.36. The molecule has 190 valence electrons. The van der Waals surface area contributed by atoms with E-state index in [1.807, 2.05) is 49.4 Å². The van der Waals surface area contributed by atoms with Gasteiger partial charge in [0.25, 0.3) is 15.9 Å². The van der Waals surface area contributed by atoms with Gasteiger partial charge < -0.3 is 9.80 Å². The lowest BCUT2D eigenvalue weighted by Crippen LogP contribution is -2.49. The van der Waals surface area contributed by atoms with Gasteiger partial charge in [0, 0.05) is 52.0 Å². The molecule has 0 spiro atoms. The number of sulfonamides is 1. The van der Waals surface area contributed by atoms with Crippen molar-refractivity contribution in [1.29, 1.82) is 0 Å². The fourth-order valence-corrected chi connectivity index (χ4v) is 6.69. The van der Waals surface area contributed by atoms with E-state index in [0.29, 0.717) is 50.8 Å². The number of para-hydroxylation sites is 1. The van der Waals surface area contributed by atoms with E-state index in [1.54, 1.807) is 15.8 Å². The Labute approximate surface area is 217 Å². The number of carbonyl (C=O) groups excluding carboxylic acids is 1. The third kappa shape index (κ3) is 4.75. The van der Waals surface area contributed by atoms with E-state index in [1.165, 1.54) is 9.87 Å². The van der Waals surface area contributed by atoms with E-state index in [4.69, 9.17) is 11.6 Å². The predicted molar refractivity (Wildman–Crippen MR) is 140 cm³/mol. The van der Waals surface area contributed by atoms with Gasteiger partial charge in [-0.05, 0) is 36.1 Å². The van der Waals surface area contributed by atoms with Gasteiger partial charge in [-0.3, -0.25) is 9.48 Å². The first-order valence-corrected chi connectivity index (χ1v) is 14.1. The van der Waals surface area contributed by atoms with Crippen molar-refractivity contribution in [2.45, 2.75) is 37.9 Å². The van der Waals surface area contributed by atoms with Gasteiger partial charge in [0.05, 0.1) is 16.3 Å². The standard InChI is InChI=1S/C26H30ClN5O3S/c1-2-12-31-19-22(26(33)30-13-11-20-7-3-4-8-21(20)18-30)25(28-31)36(34,35)32-16-14-29(15-17-32)24-10-6-5-9-23(24)27/h3-10,19H,2,11-18H2,1H3. The number of aromatic nitrogens is 2. The Kier molecular flexibility index (Phi) is 7.05. The summed E-state index contributed by atoms with van der Waals surface area (Å²) in [5.41, 5.74) is 3.37. The van der Waals surface area contributed by atoms with Crippen molar-refractivity contribution >= 4 is 33.2 Å². The normalized spacial score (nSPS) is 16.7. The van der Waals surface area contributed by atoms with E-state index >= 15 is 0 Å². The Morgan fingerprint density at radius 1 is 0.972 bits per heavy atom. The van der Waals surface area contributed by atoms with Crippen molar-refractivity contribution in [2.24, 2.45) is 0 Å². The van der Waals surface area contributed by atoms with Crippen LogP contribution in [0.25, 0.3) is 0 Å². The zero-order valence-electron chi connectivity index (χ0n) is 20.3. The zero-order chi connectivity index (χ0) is 25.3. The third-order valence-corrected chi connectivity index (χ3v) is 9.00. The van der Waals surface area contributed by atoms with Gasteiger partial charge in [0.15, 0.2) is 0 Å². The first-order valence-electron chi connectivity index (χ1n) is 12.3. The average Bonchev–Trinajstić information content (AvgIpc) is 3.33. The number of anilines is 1. The topological polar surface area (TPSA) is 78.8 Å². The summed E-state index contributed by atoms with van der Waals surface area (Å²) in [5.74, 6) is -0.292. The van der Waals surface area contributed by atoms with Crippen LogP contribution in [0.4, 0.5) is 5.69 Å². The molecule has 0 N–H and O–H groups in total. The molecule has 8 nitrogen and oxygen atoms in total. The SMILES string of the molecule is CCCn1cc(C(=O)N2CCc3ccccc3C2)c(S(=O)(=O)N2CCN(c3ccccc3Cl)CC2)n1. The molecule has 1 fully saturated rings. The summed E-state index contributed by atoms with van der Waals surface area (Å²) in [6, 6.07) is 15.6. The highest BCUT2D eigenvalue weighted by Crippen LogP contribution is 2.29.